The molecule has 6 heteroatoms. The Balaban J connectivity index is 1.52. The molecular weight excluding hydrogens is 356 g/mol. The Morgan fingerprint density at radius 2 is 0.964 bits per heavy atom. The third-order valence-corrected chi connectivity index (χ3v) is 5.11. The number of fused-ring (bicyclic) bond motifs is 2. The molecule has 0 radical (unpaired) electrons. The summed E-state index contributed by atoms with van der Waals surface area (Å²) in [5.41, 5.74) is 8.22. The van der Waals surface area contributed by atoms with E-state index >= 15 is 0 Å². The van der Waals surface area contributed by atoms with E-state index in [0.717, 1.165) is 22.3 Å². The molecule has 5 rings (SSSR count). The van der Waals surface area contributed by atoms with Crippen LogP contribution in [0.4, 0.5) is 0 Å². The lowest BCUT2D eigenvalue weighted by Gasteiger charge is -2.27. The van der Waals surface area contributed by atoms with Gasteiger partial charge in [0.15, 0.2) is 11.5 Å². The second kappa shape index (κ2) is 6.42. The Morgan fingerprint density at radius 1 is 0.571 bits per heavy atom. The Labute approximate surface area is 161 Å². The zero-order valence-electron chi connectivity index (χ0n) is 14.7. The van der Waals surface area contributed by atoms with Crippen LogP contribution in [0.2, 0.25) is 0 Å². The van der Waals surface area contributed by atoms with Gasteiger partial charge in [-0.25, -0.2) is 0 Å². The molecular formula is C22H16N2O4. The Kier molecular flexibility index (Phi) is 3.76. The van der Waals surface area contributed by atoms with E-state index in [9.17, 15) is 9.59 Å². The van der Waals surface area contributed by atoms with E-state index in [1.54, 1.807) is 0 Å². The van der Waals surface area contributed by atoms with Gasteiger partial charge >= 0.3 is 0 Å². The van der Waals surface area contributed by atoms with Gasteiger partial charge in [-0.3, -0.25) is 9.59 Å². The summed E-state index contributed by atoms with van der Waals surface area (Å²) in [6, 6.07) is 22.4. The van der Waals surface area contributed by atoms with Gasteiger partial charge in [0, 0.05) is 11.1 Å². The van der Waals surface area contributed by atoms with Crippen LogP contribution in [-0.2, 0) is 9.59 Å². The third-order valence-electron chi connectivity index (χ3n) is 5.11. The maximum Gasteiger partial charge on any atom is 0.264 e. The monoisotopic (exact) mass is 372 g/mol. The van der Waals surface area contributed by atoms with Crippen LogP contribution in [0.25, 0.3) is 0 Å². The van der Waals surface area contributed by atoms with Gasteiger partial charge in [-0.15, -0.1) is 0 Å². The van der Waals surface area contributed by atoms with Crippen molar-refractivity contribution in [1.82, 2.24) is 11.0 Å². The summed E-state index contributed by atoms with van der Waals surface area (Å²) in [5.74, 6) is -0.103. The summed E-state index contributed by atoms with van der Waals surface area (Å²) in [6.45, 7) is 0. The summed E-state index contributed by atoms with van der Waals surface area (Å²) in [5, 5.41) is 0. The first-order valence-electron chi connectivity index (χ1n) is 8.93. The number of para-hydroxylation sites is 2. The number of hydrogen-bond acceptors (Lipinski definition) is 4. The summed E-state index contributed by atoms with van der Waals surface area (Å²) in [6.07, 6.45) is 0. The maximum absolute atomic E-state index is 12.4. The molecule has 0 aliphatic carbocycles. The van der Waals surface area contributed by atoms with E-state index in [-0.39, 0.29) is 11.8 Å². The number of amides is 2. The Bertz CT molecular complexity index is 991. The highest BCUT2D eigenvalue weighted by Crippen LogP contribution is 2.37. The molecule has 28 heavy (non-hydrogen) atoms. The van der Waals surface area contributed by atoms with Gasteiger partial charge in [0.2, 0.25) is 0 Å². The van der Waals surface area contributed by atoms with Crippen LogP contribution >= 0.6 is 0 Å². The molecule has 0 saturated heterocycles. The topological polar surface area (TPSA) is 76.7 Å². The second-order valence-corrected chi connectivity index (χ2v) is 6.75. The van der Waals surface area contributed by atoms with Crippen LogP contribution in [0.1, 0.15) is 34.1 Å². The number of benzene rings is 3. The first-order chi connectivity index (χ1) is 13.7. The van der Waals surface area contributed by atoms with E-state index in [0.29, 0.717) is 11.5 Å². The summed E-state index contributed by atoms with van der Waals surface area (Å²) < 4.78 is 0. The highest BCUT2D eigenvalue weighted by atomic mass is 16.7. The van der Waals surface area contributed by atoms with Gasteiger partial charge < -0.3 is 9.68 Å². The van der Waals surface area contributed by atoms with Crippen molar-refractivity contribution < 1.29 is 19.3 Å². The van der Waals surface area contributed by atoms with Gasteiger partial charge in [0.25, 0.3) is 11.8 Å². The van der Waals surface area contributed by atoms with E-state index in [1.807, 2.05) is 72.8 Å². The highest BCUT2D eigenvalue weighted by Gasteiger charge is 2.33. The largest absolute Gasteiger partial charge is 0.379 e. The van der Waals surface area contributed by atoms with Gasteiger partial charge in [-0.2, -0.15) is 11.0 Å². The van der Waals surface area contributed by atoms with Gasteiger partial charge in [-0.05, 0) is 23.3 Å². The van der Waals surface area contributed by atoms with Crippen molar-refractivity contribution in [3.05, 3.63) is 95.1 Å². The van der Waals surface area contributed by atoms with E-state index < -0.39 is 11.8 Å². The molecule has 2 unspecified atom stereocenters. The molecule has 2 atom stereocenters. The number of hydrogen-bond donors (Lipinski definition) is 2. The number of rotatable bonds is 2. The summed E-state index contributed by atoms with van der Waals surface area (Å²) >= 11 is 0. The lowest BCUT2D eigenvalue weighted by molar-refractivity contribution is -0.130. The minimum atomic E-state index is -0.463. The standard InChI is InChI=1S/C22H16N2O4/c25-21-19(15-5-1-3-7-17(15)27-23-21)13-9-11-14(12-10-13)20-16-6-2-4-8-18(16)28-24-22(20)26/h1-12,19-20H,(H,23,25)(H,24,26). The minimum Gasteiger partial charge on any atom is -0.379 e. The van der Waals surface area contributed by atoms with Gasteiger partial charge in [0.05, 0.1) is 11.8 Å². The number of carbonyl (C=O) groups excluding carboxylic acids is 2. The fourth-order valence-corrected chi connectivity index (χ4v) is 3.78. The molecule has 2 N–H and O–H groups in total. The van der Waals surface area contributed by atoms with Crippen LogP contribution in [0.3, 0.4) is 0 Å². The van der Waals surface area contributed by atoms with E-state index in [1.165, 1.54) is 0 Å². The number of nitrogens with one attached hydrogen (secondary N) is 2. The van der Waals surface area contributed by atoms with Crippen LogP contribution < -0.4 is 20.6 Å². The van der Waals surface area contributed by atoms with Crippen LogP contribution in [0, 0.1) is 0 Å². The van der Waals surface area contributed by atoms with Crippen molar-refractivity contribution in [2.24, 2.45) is 0 Å². The van der Waals surface area contributed by atoms with Gasteiger partial charge in [0.1, 0.15) is 0 Å². The number of carbonyl (C=O) groups is 2. The average molecular weight is 372 g/mol. The zero-order valence-corrected chi connectivity index (χ0v) is 14.7. The molecule has 6 nitrogen and oxygen atoms in total. The Hall–Kier alpha value is -3.80. The van der Waals surface area contributed by atoms with Crippen molar-refractivity contribution in [2.45, 2.75) is 11.8 Å². The molecule has 3 aromatic carbocycles. The van der Waals surface area contributed by atoms with Gasteiger partial charge in [-0.1, -0.05) is 60.7 Å². The lowest BCUT2D eigenvalue weighted by Crippen LogP contribution is -2.38. The molecule has 0 fully saturated rings. The molecule has 2 heterocycles. The molecule has 3 aromatic rings. The van der Waals surface area contributed by atoms with E-state index in [2.05, 4.69) is 11.0 Å². The molecule has 138 valence electrons. The molecule has 2 aliphatic rings. The smallest absolute Gasteiger partial charge is 0.264 e. The molecule has 2 amide bonds. The highest BCUT2D eigenvalue weighted by molar-refractivity contribution is 5.90. The number of hydroxylamine groups is 2. The first kappa shape index (κ1) is 16.4. The summed E-state index contributed by atoms with van der Waals surface area (Å²) in [4.78, 5) is 35.5. The van der Waals surface area contributed by atoms with Crippen molar-refractivity contribution in [2.75, 3.05) is 0 Å². The maximum atomic E-state index is 12.4. The molecule has 2 aliphatic heterocycles. The Morgan fingerprint density at radius 3 is 1.39 bits per heavy atom. The van der Waals surface area contributed by atoms with Crippen molar-refractivity contribution >= 4 is 11.8 Å². The predicted molar refractivity (Wildman–Crippen MR) is 101 cm³/mol. The lowest BCUT2D eigenvalue weighted by atomic mass is 9.85. The quantitative estimate of drug-likeness (QED) is 0.725. The van der Waals surface area contributed by atoms with Crippen molar-refractivity contribution in [3.63, 3.8) is 0 Å². The minimum absolute atomic E-state index is 0.222. The molecule has 0 bridgehead atoms. The van der Waals surface area contributed by atoms with Crippen LogP contribution in [0.5, 0.6) is 11.5 Å². The van der Waals surface area contributed by atoms with E-state index in [4.69, 9.17) is 9.68 Å². The first-order valence-corrected chi connectivity index (χ1v) is 8.93. The normalized spacial score (nSPS) is 20.0. The van der Waals surface area contributed by atoms with Crippen molar-refractivity contribution in [3.8, 4) is 11.5 Å². The van der Waals surface area contributed by atoms with Crippen LogP contribution in [0.15, 0.2) is 72.8 Å². The second-order valence-electron chi connectivity index (χ2n) is 6.75. The fourth-order valence-electron chi connectivity index (χ4n) is 3.78. The average Bonchev–Trinajstić information content (AvgIpc) is 2.74. The summed E-state index contributed by atoms with van der Waals surface area (Å²) in [7, 11) is 0. The molecule has 0 saturated carbocycles. The fraction of sp³-hybridized carbons (Fsp3) is 0.0909. The SMILES string of the molecule is O=C1NOc2ccccc2C1c1ccc(C2C(=O)NOc3ccccc32)cc1. The van der Waals surface area contributed by atoms with Crippen molar-refractivity contribution in [1.29, 1.82) is 0 Å². The van der Waals surface area contributed by atoms with Crippen LogP contribution in [-0.4, -0.2) is 11.8 Å². The third kappa shape index (κ3) is 2.58. The molecule has 0 aromatic heterocycles. The zero-order chi connectivity index (χ0) is 19.1. The predicted octanol–water partition coefficient (Wildman–Crippen LogP) is 2.80. The molecule has 0 spiro atoms.